The lowest BCUT2D eigenvalue weighted by Crippen LogP contribution is -2.27. The van der Waals surface area contributed by atoms with E-state index in [1.807, 2.05) is 6.07 Å². The van der Waals surface area contributed by atoms with E-state index in [4.69, 9.17) is 5.73 Å². The van der Waals surface area contributed by atoms with Crippen LogP contribution in [-0.2, 0) is 0 Å². The Balaban J connectivity index is 2.21. The van der Waals surface area contributed by atoms with Crippen molar-refractivity contribution in [2.24, 2.45) is 0 Å². The molecule has 2 heterocycles. The van der Waals surface area contributed by atoms with Gasteiger partial charge in [-0.05, 0) is 38.1 Å². The first kappa shape index (κ1) is 12.8. The Morgan fingerprint density at radius 3 is 2.61 bits per heavy atom. The number of carbonyl (C=O) groups is 1. The number of nitrogens with one attached hydrogen (secondary N) is 1. The zero-order valence-electron chi connectivity index (χ0n) is 10.9. The number of hydrogen-bond acceptors (Lipinski definition) is 4. The summed E-state index contributed by atoms with van der Waals surface area (Å²) in [4.78, 5) is 17.8. The van der Waals surface area contributed by atoms with Crippen molar-refractivity contribution in [3.05, 3.63) is 23.4 Å². The van der Waals surface area contributed by atoms with Gasteiger partial charge in [0.15, 0.2) is 0 Å². The van der Waals surface area contributed by atoms with Crippen molar-refractivity contribution < 1.29 is 4.79 Å². The molecular formula is C13H20N4O. The highest BCUT2D eigenvalue weighted by Gasteiger charge is 2.19. The highest BCUT2D eigenvalue weighted by molar-refractivity contribution is 5.98. The molecule has 0 saturated carbocycles. The summed E-state index contributed by atoms with van der Waals surface area (Å²) < 4.78 is 0. The smallest absolute Gasteiger partial charge is 0.257 e. The van der Waals surface area contributed by atoms with Gasteiger partial charge in [-0.15, -0.1) is 0 Å². The topological polar surface area (TPSA) is 71.2 Å². The minimum atomic E-state index is -0.100. The Hall–Kier alpha value is -1.62. The molecule has 1 fully saturated rings. The van der Waals surface area contributed by atoms with Crippen LogP contribution < -0.4 is 11.1 Å². The Kier molecular flexibility index (Phi) is 3.81. The van der Waals surface area contributed by atoms with Crippen LogP contribution >= 0.6 is 0 Å². The molecule has 1 amide bonds. The third-order valence-electron chi connectivity index (χ3n) is 3.34. The lowest BCUT2D eigenvalue weighted by atomic mass is 9.94. The van der Waals surface area contributed by atoms with E-state index in [0.717, 1.165) is 31.6 Å². The number of hydrogen-bond donors (Lipinski definition) is 2. The molecule has 1 aliphatic heterocycles. The summed E-state index contributed by atoms with van der Waals surface area (Å²) >= 11 is 0. The molecule has 0 bridgehead atoms. The molecule has 0 spiro atoms. The van der Waals surface area contributed by atoms with Crippen molar-refractivity contribution in [2.45, 2.75) is 18.8 Å². The van der Waals surface area contributed by atoms with Crippen LogP contribution in [-0.4, -0.2) is 43.0 Å². The van der Waals surface area contributed by atoms with Crippen LogP contribution in [0.15, 0.2) is 12.1 Å². The second-order valence-electron chi connectivity index (χ2n) is 4.89. The van der Waals surface area contributed by atoms with E-state index in [0.29, 0.717) is 17.3 Å². The van der Waals surface area contributed by atoms with E-state index in [-0.39, 0.29) is 5.91 Å². The van der Waals surface area contributed by atoms with Crippen molar-refractivity contribution in [1.29, 1.82) is 0 Å². The zero-order chi connectivity index (χ0) is 13.1. The van der Waals surface area contributed by atoms with E-state index < -0.39 is 0 Å². The summed E-state index contributed by atoms with van der Waals surface area (Å²) in [5.41, 5.74) is 7.38. The largest absolute Gasteiger partial charge is 0.383 e. The van der Waals surface area contributed by atoms with Gasteiger partial charge in [0, 0.05) is 25.7 Å². The van der Waals surface area contributed by atoms with E-state index >= 15 is 0 Å². The molecule has 0 aromatic carbocycles. The summed E-state index contributed by atoms with van der Waals surface area (Å²) in [5, 5.41) is 3.32. The second kappa shape index (κ2) is 5.35. The average Bonchev–Trinajstić information content (AvgIpc) is 2.38. The summed E-state index contributed by atoms with van der Waals surface area (Å²) in [6.45, 7) is 2.04. The number of amides is 1. The summed E-state index contributed by atoms with van der Waals surface area (Å²) in [5.74, 6) is 0.693. The van der Waals surface area contributed by atoms with Crippen molar-refractivity contribution >= 4 is 11.7 Å². The van der Waals surface area contributed by atoms with Crippen molar-refractivity contribution in [1.82, 2.24) is 15.2 Å². The number of carbonyl (C=O) groups excluding carboxylic acids is 1. The van der Waals surface area contributed by atoms with Crippen LogP contribution in [0.4, 0.5) is 5.82 Å². The first-order valence-electron chi connectivity index (χ1n) is 6.28. The molecule has 0 aliphatic carbocycles. The fourth-order valence-corrected chi connectivity index (χ4v) is 2.26. The van der Waals surface area contributed by atoms with Gasteiger partial charge < -0.3 is 16.0 Å². The molecule has 0 radical (unpaired) electrons. The van der Waals surface area contributed by atoms with Crippen molar-refractivity contribution in [2.75, 3.05) is 32.9 Å². The normalized spacial score (nSPS) is 16.6. The van der Waals surface area contributed by atoms with E-state index in [2.05, 4.69) is 10.3 Å². The molecule has 18 heavy (non-hydrogen) atoms. The van der Waals surface area contributed by atoms with E-state index in [1.54, 1.807) is 20.2 Å². The predicted octanol–water partition coefficient (Wildman–Crippen LogP) is 0.833. The quantitative estimate of drug-likeness (QED) is 0.813. The predicted molar refractivity (Wildman–Crippen MR) is 71.5 cm³/mol. The Morgan fingerprint density at radius 2 is 2.06 bits per heavy atom. The summed E-state index contributed by atoms with van der Waals surface area (Å²) in [7, 11) is 3.42. The SMILES string of the molecule is CN(C)C(=O)c1ccc(C2CCNCC2)nc1N. The highest BCUT2D eigenvalue weighted by Crippen LogP contribution is 2.25. The molecule has 1 aromatic heterocycles. The molecule has 1 saturated heterocycles. The molecular weight excluding hydrogens is 228 g/mol. The third kappa shape index (κ3) is 2.61. The molecule has 0 atom stereocenters. The molecule has 5 heteroatoms. The molecule has 98 valence electrons. The number of nitrogen functional groups attached to an aromatic ring is 1. The van der Waals surface area contributed by atoms with Gasteiger partial charge in [-0.3, -0.25) is 4.79 Å². The number of aromatic nitrogens is 1. The molecule has 1 aromatic rings. The minimum Gasteiger partial charge on any atom is -0.383 e. The van der Waals surface area contributed by atoms with Crippen LogP contribution in [0, 0.1) is 0 Å². The molecule has 5 nitrogen and oxygen atoms in total. The van der Waals surface area contributed by atoms with Gasteiger partial charge in [0.2, 0.25) is 0 Å². The van der Waals surface area contributed by atoms with Gasteiger partial charge in [0.25, 0.3) is 5.91 Å². The van der Waals surface area contributed by atoms with Gasteiger partial charge in [-0.25, -0.2) is 4.98 Å². The molecule has 2 rings (SSSR count). The number of pyridine rings is 1. The maximum atomic E-state index is 11.8. The lowest BCUT2D eigenvalue weighted by Gasteiger charge is -2.22. The van der Waals surface area contributed by atoms with Crippen LogP contribution in [0.25, 0.3) is 0 Å². The van der Waals surface area contributed by atoms with Crippen LogP contribution in [0.2, 0.25) is 0 Å². The van der Waals surface area contributed by atoms with Gasteiger partial charge in [-0.2, -0.15) is 0 Å². The highest BCUT2D eigenvalue weighted by atomic mass is 16.2. The zero-order valence-corrected chi connectivity index (χ0v) is 10.9. The van der Waals surface area contributed by atoms with E-state index in [9.17, 15) is 4.79 Å². The number of nitrogens with two attached hydrogens (primary N) is 1. The fourth-order valence-electron chi connectivity index (χ4n) is 2.26. The number of nitrogens with zero attached hydrogens (tertiary/aromatic N) is 2. The van der Waals surface area contributed by atoms with Crippen LogP contribution in [0.1, 0.15) is 34.8 Å². The fraction of sp³-hybridized carbons (Fsp3) is 0.538. The standard InChI is InChI=1S/C13H20N4O/c1-17(2)13(18)10-3-4-11(16-12(10)14)9-5-7-15-8-6-9/h3-4,9,15H,5-8H2,1-2H3,(H2,14,16). The Morgan fingerprint density at radius 1 is 1.39 bits per heavy atom. The Labute approximate surface area is 107 Å². The van der Waals surface area contributed by atoms with Gasteiger partial charge >= 0.3 is 0 Å². The van der Waals surface area contributed by atoms with Crippen LogP contribution in [0.5, 0.6) is 0 Å². The van der Waals surface area contributed by atoms with Crippen molar-refractivity contribution in [3.8, 4) is 0 Å². The van der Waals surface area contributed by atoms with Crippen molar-refractivity contribution in [3.63, 3.8) is 0 Å². The second-order valence-corrected chi connectivity index (χ2v) is 4.89. The summed E-state index contributed by atoms with van der Waals surface area (Å²) in [6, 6.07) is 3.73. The maximum absolute atomic E-state index is 11.8. The van der Waals surface area contributed by atoms with Gasteiger partial charge in [0.1, 0.15) is 5.82 Å². The third-order valence-corrected chi connectivity index (χ3v) is 3.34. The number of piperidine rings is 1. The minimum absolute atomic E-state index is 0.100. The van der Waals surface area contributed by atoms with Gasteiger partial charge in [0.05, 0.1) is 5.56 Å². The van der Waals surface area contributed by atoms with E-state index in [1.165, 1.54) is 4.90 Å². The van der Waals surface area contributed by atoms with Crippen LogP contribution in [0.3, 0.4) is 0 Å². The number of rotatable bonds is 2. The molecule has 1 aliphatic rings. The summed E-state index contributed by atoms with van der Waals surface area (Å²) in [6.07, 6.45) is 2.15. The number of anilines is 1. The maximum Gasteiger partial charge on any atom is 0.257 e. The van der Waals surface area contributed by atoms with Gasteiger partial charge in [-0.1, -0.05) is 0 Å². The first-order valence-corrected chi connectivity index (χ1v) is 6.28. The molecule has 0 unspecified atom stereocenters. The Bertz CT molecular complexity index is 439. The monoisotopic (exact) mass is 248 g/mol. The first-order chi connectivity index (χ1) is 8.59. The lowest BCUT2D eigenvalue weighted by molar-refractivity contribution is 0.0828. The average molecular weight is 248 g/mol. The molecule has 3 N–H and O–H groups in total.